The number of fused-ring (bicyclic) bond motifs is 1. The SMILES string of the molecule is COc1ccc(-c2[nH]c3ccccc3c2CCC(=O)NCc2ccc(NC(N)=O)cc2)cc1. The number of nitrogens with two attached hydrogens (primary N) is 1. The first-order valence-corrected chi connectivity index (χ1v) is 10.7. The molecule has 0 atom stereocenters. The summed E-state index contributed by atoms with van der Waals surface area (Å²) < 4.78 is 5.27. The molecule has 0 spiro atoms. The number of anilines is 1. The van der Waals surface area contributed by atoms with E-state index in [4.69, 9.17) is 10.5 Å². The first-order chi connectivity index (χ1) is 16.0. The third-order valence-electron chi connectivity index (χ3n) is 5.51. The second-order valence-corrected chi connectivity index (χ2v) is 7.72. The Bertz CT molecular complexity index is 1260. The molecule has 3 aromatic carbocycles. The fourth-order valence-corrected chi connectivity index (χ4v) is 3.84. The molecule has 0 aliphatic carbocycles. The van der Waals surface area contributed by atoms with Crippen molar-refractivity contribution in [3.8, 4) is 17.0 Å². The van der Waals surface area contributed by atoms with Crippen LogP contribution in [0.15, 0.2) is 72.8 Å². The van der Waals surface area contributed by atoms with Crippen molar-refractivity contribution in [2.24, 2.45) is 5.73 Å². The van der Waals surface area contributed by atoms with Crippen LogP contribution in [0.2, 0.25) is 0 Å². The maximum atomic E-state index is 12.6. The number of benzene rings is 3. The number of primary amides is 1. The standard InChI is InChI=1S/C26H26N4O3/c1-33-20-12-8-18(9-13-20)25-22(21-4-2-3-5-23(21)30-25)14-15-24(31)28-16-17-6-10-19(11-7-17)29-26(27)32/h2-13,30H,14-16H2,1H3,(H,28,31)(H3,27,29,32). The molecule has 0 aliphatic heterocycles. The Morgan fingerprint density at radius 3 is 2.39 bits per heavy atom. The molecule has 7 nitrogen and oxygen atoms in total. The molecule has 5 N–H and O–H groups in total. The summed E-state index contributed by atoms with van der Waals surface area (Å²) in [6.07, 6.45) is 0.977. The second-order valence-electron chi connectivity index (χ2n) is 7.72. The number of aryl methyl sites for hydroxylation is 1. The predicted molar refractivity (Wildman–Crippen MR) is 130 cm³/mol. The van der Waals surface area contributed by atoms with E-state index in [1.54, 1.807) is 19.2 Å². The van der Waals surface area contributed by atoms with Gasteiger partial charge < -0.3 is 26.1 Å². The number of hydrogen-bond acceptors (Lipinski definition) is 3. The van der Waals surface area contributed by atoms with Crippen LogP contribution in [0, 0.1) is 0 Å². The van der Waals surface area contributed by atoms with Crippen molar-refractivity contribution in [1.82, 2.24) is 10.3 Å². The molecule has 168 valence electrons. The smallest absolute Gasteiger partial charge is 0.316 e. The summed E-state index contributed by atoms with van der Waals surface area (Å²) in [5, 5.41) is 6.60. The Morgan fingerprint density at radius 1 is 0.970 bits per heavy atom. The Morgan fingerprint density at radius 2 is 1.70 bits per heavy atom. The molecule has 0 saturated carbocycles. The van der Waals surface area contributed by atoms with Crippen LogP contribution in [-0.2, 0) is 17.8 Å². The molecule has 4 aromatic rings. The van der Waals surface area contributed by atoms with E-state index in [0.717, 1.165) is 39.0 Å². The van der Waals surface area contributed by atoms with Gasteiger partial charge in [-0.15, -0.1) is 0 Å². The number of urea groups is 1. The normalized spacial score (nSPS) is 10.7. The number of ether oxygens (including phenoxy) is 1. The van der Waals surface area contributed by atoms with Crippen LogP contribution in [0.25, 0.3) is 22.2 Å². The number of methoxy groups -OCH3 is 1. The molecule has 7 heteroatoms. The summed E-state index contributed by atoms with van der Waals surface area (Å²) >= 11 is 0. The monoisotopic (exact) mass is 442 g/mol. The minimum Gasteiger partial charge on any atom is -0.497 e. The molecule has 0 aliphatic rings. The first kappa shape index (κ1) is 22.0. The Labute approximate surface area is 192 Å². The number of aromatic amines is 1. The van der Waals surface area contributed by atoms with Gasteiger partial charge in [0.25, 0.3) is 0 Å². The fraction of sp³-hybridized carbons (Fsp3) is 0.154. The van der Waals surface area contributed by atoms with Crippen molar-refractivity contribution in [1.29, 1.82) is 0 Å². The molecule has 4 rings (SSSR count). The number of para-hydroxylation sites is 1. The van der Waals surface area contributed by atoms with Crippen LogP contribution >= 0.6 is 0 Å². The Hall–Kier alpha value is -4.26. The van der Waals surface area contributed by atoms with Crippen molar-refractivity contribution in [2.45, 2.75) is 19.4 Å². The van der Waals surface area contributed by atoms with E-state index in [2.05, 4.69) is 21.7 Å². The molecular weight excluding hydrogens is 416 g/mol. The van der Waals surface area contributed by atoms with E-state index >= 15 is 0 Å². The highest BCUT2D eigenvalue weighted by Gasteiger charge is 2.14. The lowest BCUT2D eigenvalue weighted by atomic mass is 10.0. The van der Waals surface area contributed by atoms with Crippen molar-refractivity contribution >= 4 is 28.5 Å². The van der Waals surface area contributed by atoms with Gasteiger partial charge in [0.2, 0.25) is 5.91 Å². The van der Waals surface area contributed by atoms with Crippen LogP contribution in [0.5, 0.6) is 5.75 Å². The minimum atomic E-state index is -0.609. The highest BCUT2D eigenvalue weighted by atomic mass is 16.5. The third-order valence-corrected chi connectivity index (χ3v) is 5.51. The lowest BCUT2D eigenvalue weighted by molar-refractivity contribution is -0.121. The van der Waals surface area contributed by atoms with Crippen LogP contribution < -0.4 is 21.1 Å². The van der Waals surface area contributed by atoms with Gasteiger partial charge in [0, 0.05) is 35.2 Å². The zero-order valence-electron chi connectivity index (χ0n) is 18.4. The topological polar surface area (TPSA) is 109 Å². The fourth-order valence-electron chi connectivity index (χ4n) is 3.84. The van der Waals surface area contributed by atoms with E-state index in [1.165, 1.54) is 0 Å². The molecule has 3 amide bonds. The lowest BCUT2D eigenvalue weighted by Gasteiger charge is -2.09. The average Bonchev–Trinajstić information content (AvgIpc) is 3.20. The van der Waals surface area contributed by atoms with Crippen molar-refractivity contribution < 1.29 is 14.3 Å². The number of nitrogens with one attached hydrogen (secondary N) is 3. The maximum Gasteiger partial charge on any atom is 0.316 e. The number of rotatable bonds is 8. The predicted octanol–water partition coefficient (Wildman–Crippen LogP) is 4.58. The van der Waals surface area contributed by atoms with Crippen LogP contribution in [0.1, 0.15) is 17.5 Å². The van der Waals surface area contributed by atoms with E-state index < -0.39 is 6.03 Å². The first-order valence-electron chi connectivity index (χ1n) is 10.7. The summed E-state index contributed by atoms with van der Waals surface area (Å²) in [5.41, 5.74) is 10.9. The number of carbonyl (C=O) groups excluding carboxylic acids is 2. The average molecular weight is 443 g/mol. The van der Waals surface area contributed by atoms with Gasteiger partial charge in [0.05, 0.1) is 7.11 Å². The Balaban J connectivity index is 1.44. The van der Waals surface area contributed by atoms with Gasteiger partial charge in [0.15, 0.2) is 0 Å². The second kappa shape index (κ2) is 9.91. The molecule has 0 bridgehead atoms. The summed E-state index contributed by atoms with van der Waals surface area (Å²) in [4.78, 5) is 27.0. The molecule has 0 unspecified atom stereocenters. The molecule has 33 heavy (non-hydrogen) atoms. The number of aromatic nitrogens is 1. The van der Waals surface area contributed by atoms with Gasteiger partial charge in [-0.05, 0) is 65.6 Å². The molecule has 1 heterocycles. The number of carbonyl (C=O) groups is 2. The minimum absolute atomic E-state index is 0.0275. The van der Waals surface area contributed by atoms with E-state index in [0.29, 0.717) is 25.1 Å². The van der Waals surface area contributed by atoms with Gasteiger partial charge in [-0.2, -0.15) is 0 Å². The van der Waals surface area contributed by atoms with Crippen LogP contribution in [0.4, 0.5) is 10.5 Å². The molecule has 0 fully saturated rings. The summed E-state index contributed by atoms with van der Waals surface area (Å²) in [7, 11) is 1.65. The lowest BCUT2D eigenvalue weighted by Crippen LogP contribution is -2.23. The highest BCUT2D eigenvalue weighted by Crippen LogP contribution is 2.32. The third kappa shape index (κ3) is 5.33. The molecule has 1 aromatic heterocycles. The van der Waals surface area contributed by atoms with Gasteiger partial charge in [-0.3, -0.25) is 4.79 Å². The highest BCUT2D eigenvalue weighted by molar-refractivity contribution is 5.91. The van der Waals surface area contributed by atoms with Crippen molar-refractivity contribution in [3.63, 3.8) is 0 Å². The largest absolute Gasteiger partial charge is 0.497 e. The summed E-state index contributed by atoms with van der Waals surface area (Å²) in [5.74, 6) is 0.773. The van der Waals surface area contributed by atoms with Gasteiger partial charge >= 0.3 is 6.03 Å². The van der Waals surface area contributed by atoms with Crippen molar-refractivity contribution in [2.75, 3.05) is 12.4 Å². The zero-order chi connectivity index (χ0) is 23.2. The molecule has 0 radical (unpaired) electrons. The van der Waals surface area contributed by atoms with Gasteiger partial charge in [-0.25, -0.2) is 4.79 Å². The van der Waals surface area contributed by atoms with Crippen LogP contribution in [0.3, 0.4) is 0 Å². The number of hydrogen-bond donors (Lipinski definition) is 4. The zero-order valence-corrected chi connectivity index (χ0v) is 18.4. The Kier molecular flexibility index (Phi) is 6.59. The summed E-state index contributed by atoms with van der Waals surface area (Å²) in [6.45, 7) is 0.412. The van der Waals surface area contributed by atoms with Gasteiger partial charge in [-0.1, -0.05) is 30.3 Å². The molecule has 0 saturated heterocycles. The van der Waals surface area contributed by atoms with Crippen molar-refractivity contribution in [3.05, 3.63) is 83.9 Å². The number of amides is 3. The summed E-state index contributed by atoms with van der Waals surface area (Å²) in [6, 6.07) is 22.6. The van der Waals surface area contributed by atoms with E-state index in [9.17, 15) is 9.59 Å². The van der Waals surface area contributed by atoms with Gasteiger partial charge in [0.1, 0.15) is 5.75 Å². The number of H-pyrrole nitrogens is 1. The van der Waals surface area contributed by atoms with E-state index in [-0.39, 0.29) is 5.91 Å². The van der Waals surface area contributed by atoms with E-state index in [1.807, 2.05) is 54.6 Å². The molecular formula is C26H26N4O3. The quantitative estimate of drug-likeness (QED) is 0.321. The maximum absolute atomic E-state index is 12.6. The van der Waals surface area contributed by atoms with Crippen LogP contribution in [-0.4, -0.2) is 24.0 Å².